The number of carbonyl (C=O) groups excluding carboxylic acids is 1. The van der Waals surface area contributed by atoms with E-state index in [0.29, 0.717) is 17.9 Å². The molecule has 0 aliphatic carbocycles. The molecule has 130 valence electrons. The first-order valence-electron chi connectivity index (χ1n) is 7.91. The Labute approximate surface area is 147 Å². The fourth-order valence-electron chi connectivity index (χ4n) is 2.61. The van der Waals surface area contributed by atoms with Gasteiger partial charge in [-0.05, 0) is 25.1 Å². The summed E-state index contributed by atoms with van der Waals surface area (Å²) in [6, 6.07) is 7.19. The topological polar surface area (TPSA) is 83.3 Å². The standard InChI is InChI=1S/C16H21N5O2.ClH/c22-16(18-6-1-9-21-10-7-17-8-11-21)14-4-2-13(3-5-14)15-19-12-23-20-15;/h2-5,12,17H,1,6-11H2,(H,18,22);1H. The Morgan fingerprint density at radius 1 is 1.25 bits per heavy atom. The molecule has 1 saturated heterocycles. The van der Waals surface area contributed by atoms with Crippen LogP contribution in [0.4, 0.5) is 0 Å². The molecule has 2 N–H and O–H groups in total. The van der Waals surface area contributed by atoms with E-state index in [2.05, 4.69) is 25.7 Å². The first-order valence-corrected chi connectivity index (χ1v) is 7.91. The summed E-state index contributed by atoms with van der Waals surface area (Å²) in [6.07, 6.45) is 2.25. The van der Waals surface area contributed by atoms with E-state index in [4.69, 9.17) is 4.52 Å². The Hall–Kier alpha value is -1.96. The summed E-state index contributed by atoms with van der Waals surface area (Å²) in [5, 5.41) is 10.1. The highest BCUT2D eigenvalue weighted by Crippen LogP contribution is 2.14. The lowest BCUT2D eigenvalue weighted by atomic mass is 10.1. The molecule has 2 aromatic rings. The van der Waals surface area contributed by atoms with Gasteiger partial charge in [0.25, 0.3) is 5.91 Å². The maximum atomic E-state index is 12.1. The molecule has 0 spiro atoms. The minimum absolute atomic E-state index is 0. The zero-order valence-corrected chi connectivity index (χ0v) is 14.2. The molecule has 8 heteroatoms. The number of piperazine rings is 1. The number of halogens is 1. The zero-order valence-electron chi connectivity index (χ0n) is 13.4. The van der Waals surface area contributed by atoms with Crippen molar-refractivity contribution in [2.75, 3.05) is 39.3 Å². The number of hydrogen-bond donors (Lipinski definition) is 2. The van der Waals surface area contributed by atoms with Crippen LogP contribution in [0.15, 0.2) is 35.2 Å². The van der Waals surface area contributed by atoms with Crippen molar-refractivity contribution >= 4 is 18.3 Å². The highest BCUT2D eigenvalue weighted by Gasteiger charge is 2.10. The monoisotopic (exact) mass is 351 g/mol. The minimum atomic E-state index is -0.0510. The first-order chi connectivity index (χ1) is 11.3. The van der Waals surface area contributed by atoms with E-state index in [9.17, 15) is 4.79 Å². The number of hydrogen-bond acceptors (Lipinski definition) is 6. The Balaban J connectivity index is 0.00000208. The Morgan fingerprint density at radius 2 is 2.00 bits per heavy atom. The van der Waals surface area contributed by atoms with E-state index < -0.39 is 0 Å². The third kappa shape index (κ3) is 5.02. The van der Waals surface area contributed by atoms with Crippen molar-refractivity contribution in [1.29, 1.82) is 0 Å². The second-order valence-corrected chi connectivity index (χ2v) is 5.53. The molecule has 0 unspecified atom stereocenters. The van der Waals surface area contributed by atoms with Gasteiger partial charge in [0.15, 0.2) is 0 Å². The van der Waals surface area contributed by atoms with E-state index in [1.165, 1.54) is 6.39 Å². The Morgan fingerprint density at radius 3 is 2.67 bits per heavy atom. The van der Waals surface area contributed by atoms with Gasteiger partial charge in [0, 0.05) is 43.9 Å². The van der Waals surface area contributed by atoms with Gasteiger partial charge in [-0.2, -0.15) is 4.98 Å². The van der Waals surface area contributed by atoms with Crippen molar-refractivity contribution in [3.63, 3.8) is 0 Å². The highest BCUT2D eigenvalue weighted by atomic mass is 35.5. The fraction of sp³-hybridized carbons (Fsp3) is 0.438. The number of nitrogens with zero attached hydrogens (tertiary/aromatic N) is 3. The molecule has 24 heavy (non-hydrogen) atoms. The molecule has 1 aliphatic heterocycles. The second-order valence-electron chi connectivity index (χ2n) is 5.53. The molecule has 1 aromatic heterocycles. The molecule has 3 rings (SSSR count). The normalized spacial score (nSPS) is 14.8. The number of carbonyl (C=O) groups is 1. The van der Waals surface area contributed by atoms with E-state index in [1.54, 1.807) is 12.1 Å². The van der Waals surface area contributed by atoms with Crippen molar-refractivity contribution in [2.45, 2.75) is 6.42 Å². The average molecular weight is 352 g/mol. The van der Waals surface area contributed by atoms with Crippen molar-refractivity contribution in [1.82, 2.24) is 25.7 Å². The number of benzene rings is 1. The minimum Gasteiger partial charge on any atom is -0.352 e. The van der Waals surface area contributed by atoms with Gasteiger partial charge >= 0.3 is 0 Å². The summed E-state index contributed by atoms with van der Waals surface area (Å²) in [6.45, 7) is 6.00. The molecule has 0 radical (unpaired) electrons. The molecule has 1 aliphatic rings. The SMILES string of the molecule is Cl.O=C(NCCCN1CCNCC1)c1ccc(-c2ncon2)cc1. The number of amides is 1. The van der Waals surface area contributed by atoms with Gasteiger partial charge in [0.05, 0.1) is 0 Å². The van der Waals surface area contributed by atoms with Gasteiger partial charge in [0.2, 0.25) is 12.2 Å². The van der Waals surface area contributed by atoms with Gasteiger partial charge < -0.3 is 20.1 Å². The lowest BCUT2D eigenvalue weighted by Crippen LogP contribution is -2.44. The van der Waals surface area contributed by atoms with Crippen LogP contribution in [0.5, 0.6) is 0 Å². The van der Waals surface area contributed by atoms with Crippen LogP contribution in [0.1, 0.15) is 16.8 Å². The molecule has 1 aromatic carbocycles. The molecule has 7 nitrogen and oxygen atoms in total. The summed E-state index contributed by atoms with van der Waals surface area (Å²) >= 11 is 0. The molecular formula is C16H22ClN5O2. The van der Waals surface area contributed by atoms with E-state index in [1.807, 2.05) is 12.1 Å². The van der Waals surface area contributed by atoms with Crippen LogP contribution in [-0.4, -0.2) is 60.2 Å². The third-order valence-corrected chi connectivity index (χ3v) is 3.91. The van der Waals surface area contributed by atoms with E-state index in [0.717, 1.165) is 44.7 Å². The maximum absolute atomic E-state index is 12.1. The van der Waals surface area contributed by atoms with Crippen LogP contribution in [0.2, 0.25) is 0 Å². The van der Waals surface area contributed by atoms with Crippen molar-refractivity contribution in [3.8, 4) is 11.4 Å². The van der Waals surface area contributed by atoms with Crippen LogP contribution in [0, 0.1) is 0 Å². The van der Waals surface area contributed by atoms with Crippen LogP contribution < -0.4 is 10.6 Å². The van der Waals surface area contributed by atoms with Gasteiger partial charge in [-0.3, -0.25) is 4.79 Å². The maximum Gasteiger partial charge on any atom is 0.251 e. The highest BCUT2D eigenvalue weighted by molar-refractivity contribution is 5.94. The average Bonchev–Trinajstić information content (AvgIpc) is 3.14. The van der Waals surface area contributed by atoms with Crippen LogP contribution >= 0.6 is 12.4 Å². The summed E-state index contributed by atoms with van der Waals surface area (Å²) in [4.78, 5) is 18.5. The van der Waals surface area contributed by atoms with Gasteiger partial charge in [-0.15, -0.1) is 12.4 Å². The van der Waals surface area contributed by atoms with Crippen LogP contribution in [0.25, 0.3) is 11.4 Å². The number of nitrogens with one attached hydrogen (secondary N) is 2. The molecule has 1 fully saturated rings. The predicted octanol–water partition coefficient (Wildman–Crippen LogP) is 1.18. The number of rotatable bonds is 6. The second kappa shape index (κ2) is 9.36. The Bertz CT molecular complexity index is 612. The van der Waals surface area contributed by atoms with Gasteiger partial charge in [-0.1, -0.05) is 17.3 Å². The zero-order chi connectivity index (χ0) is 15.9. The predicted molar refractivity (Wildman–Crippen MR) is 93.2 cm³/mol. The summed E-state index contributed by atoms with van der Waals surface area (Å²) in [5.41, 5.74) is 1.47. The number of aromatic nitrogens is 2. The lowest BCUT2D eigenvalue weighted by molar-refractivity contribution is 0.0951. The van der Waals surface area contributed by atoms with Crippen molar-refractivity contribution in [3.05, 3.63) is 36.2 Å². The van der Waals surface area contributed by atoms with Gasteiger partial charge in [-0.25, -0.2) is 0 Å². The van der Waals surface area contributed by atoms with Crippen molar-refractivity contribution < 1.29 is 9.32 Å². The molecule has 0 saturated carbocycles. The van der Waals surface area contributed by atoms with E-state index in [-0.39, 0.29) is 18.3 Å². The third-order valence-electron chi connectivity index (χ3n) is 3.91. The summed E-state index contributed by atoms with van der Waals surface area (Å²) in [7, 11) is 0. The quantitative estimate of drug-likeness (QED) is 0.760. The largest absolute Gasteiger partial charge is 0.352 e. The van der Waals surface area contributed by atoms with Crippen LogP contribution in [-0.2, 0) is 0 Å². The van der Waals surface area contributed by atoms with Crippen LogP contribution in [0.3, 0.4) is 0 Å². The molecular weight excluding hydrogens is 330 g/mol. The van der Waals surface area contributed by atoms with Gasteiger partial charge in [0.1, 0.15) is 0 Å². The smallest absolute Gasteiger partial charge is 0.251 e. The summed E-state index contributed by atoms with van der Waals surface area (Å²) in [5.74, 6) is 0.470. The molecule has 0 bridgehead atoms. The summed E-state index contributed by atoms with van der Waals surface area (Å²) < 4.78 is 4.71. The molecule has 1 amide bonds. The van der Waals surface area contributed by atoms with E-state index >= 15 is 0 Å². The fourth-order valence-corrected chi connectivity index (χ4v) is 2.61. The molecule has 0 atom stereocenters. The first kappa shape index (κ1) is 18.4. The molecule has 2 heterocycles. The Kier molecular flexibility index (Phi) is 7.17. The van der Waals surface area contributed by atoms with Crippen molar-refractivity contribution in [2.24, 2.45) is 0 Å². The lowest BCUT2D eigenvalue weighted by Gasteiger charge is -2.27.